The van der Waals surface area contributed by atoms with Crippen molar-refractivity contribution in [1.82, 2.24) is 4.98 Å². The Morgan fingerprint density at radius 3 is 2.53 bits per heavy atom. The van der Waals surface area contributed by atoms with E-state index in [1.54, 1.807) is 23.5 Å². The molecule has 7 heteroatoms. The molecule has 1 N–H and O–H groups in total. The summed E-state index contributed by atoms with van der Waals surface area (Å²) in [5.41, 5.74) is 4.13. The van der Waals surface area contributed by atoms with Gasteiger partial charge in [0, 0.05) is 15.6 Å². The molecule has 0 bridgehead atoms. The molecule has 3 aromatic carbocycles. The Balaban J connectivity index is 1.54. The first-order chi connectivity index (χ1) is 14.4. The van der Waals surface area contributed by atoms with E-state index in [2.05, 4.69) is 10.3 Å². The fraction of sp³-hybridized carbons (Fsp3) is 0.130. The highest BCUT2D eigenvalue weighted by Gasteiger charge is 2.14. The van der Waals surface area contributed by atoms with E-state index in [0.717, 1.165) is 31.9 Å². The number of para-hydroxylation sites is 1. The number of ether oxygens (including phenoxy) is 1. The largest absolute Gasteiger partial charge is 0.484 e. The average Bonchev–Trinajstić information content (AvgIpc) is 3.15. The first-order valence-electron chi connectivity index (χ1n) is 9.25. The molecule has 4 rings (SSSR count). The number of aromatic nitrogens is 1. The van der Waals surface area contributed by atoms with E-state index < -0.39 is 0 Å². The molecule has 4 aromatic rings. The van der Waals surface area contributed by atoms with Crippen molar-refractivity contribution in [3.05, 3.63) is 75.8 Å². The van der Waals surface area contributed by atoms with E-state index in [1.807, 2.05) is 56.3 Å². The van der Waals surface area contributed by atoms with Crippen LogP contribution in [0.5, 0.6) is 5.75 Å². The number of fused-ring (bicyclic) bond motifs is 1. The van der Waals surface area contributed by atoms with Gasteiger partial charge in [-0.3, -0.25) is 4.79 Å². The maximum Gasteiger partial charge on any atom is 0.262 e. The lowest BCUT2D eigenvalue weighted by Crippen LogP contribution is -2.20. The van der Waals surface area contributed by atoms with Gasteiger partial charge >= 0.3 is 0 Å². The molecule has 30 heavy (non-hydrogen) atoms. The number of carbonyl (C=O) groups is 1. The number of hydrogen-bond donors (Lipinski definition) is 1. The molecule has 0 atom stereocenters. The van der Waals surface area contributed by atoms with Crippen molar-refractivity contribution in [3.8, 4) is 16.3 Å². The van der Waals surface area contributed by atoms with Crippen molar-refractivity contribution in [2.75, 3.05) is 11.9 Å². The summed E-state index contributed by atoms with van der Waals surface area (Å²) in [6.07, 6.45) is 0. The maximum absolute atomic E-state index is 12.6. The number of anilines is 1. The second kappa shape index (κ2) is 8.64. The molecule has 0 unspecified atom stereocenters. The summed E-state index contributed by atoms with van der Waals surface area (Å²) in [6, 6.07) is 16.9. The number of nitrogens with one attached hydrogen (secondary N) is 1. The number of benzene rings is 3. The van der Waals surface area contributed by atoms with Crippen molar-refractivity contribution >= 4 is 56.3 Å². The highest BCUT2D eigenvalue weighted by molar-refractivity contribution is 7.21. The van der Waals surface area contributed by atoms with Crippen molar-refractivity contribution < 1.29 is 9.53 Å². The zero-order valence-corrected chi connectivity index (χ0v) is 18.7. The number of aryl methyl sites for hydroxylation is 2. The van der Waals surface area contributed by atoms with Crippen LogP contribution in [0.4, 0.5) is 5.69 Å². The van der Waals surface area contributed by atoms with Crippen LogP contribution in [0.2, 0.25) is 10.0 Å². The minimum absolute atomic E-state index is 0.123. The van der Waals surface area contributed by atoms with Crippen molar-refractivity contribution in [3.63, 3.8) is 0 Å². The van der Waals surface area contributed by atoms with Crippen LogP contribution in [0.25, 0.3) is 20.8 Å². The van der Waals surface area contributed by atoms with Gasteiger partial charge in [-0.25, -0.2) is 4.98 Å². The van der Waals surface area contributed by atoms with Crippen molar-refractivity contribution in [2.45, 2.75) is 13.8 Å². The Bertz CT molecular complexity index is 1200. The molecule has 0 saturated carbocycles. The van der Waals surface area contributed by atoms with Gasteiger partial charge in [-0.15, -0.1) is 11.3 Å². The predicted molar refractivity (Wildman–Crippen MR) is 125 cm³/mol. The minimum Gasteiger partial charge on any atom is -0.484 e. The summed E-state index contributed by atoms with van der Waals surface area (Å²) in [5.74, 6) is 0.331. The molecule has 1 aromatic heterocycles. The number of amides is 1. The van der Waals surface area contributed by atoms with Gasteiger partial charge in [0.1, 0.15) is 10.8 Å². The van der Waals surface area contributed by atoms with Crippen LogP contribution in [0.1, 0.15) is 11.1 Å². The van der Waals surface area contributed by atoms with E-state index in [9.17, 15) is 4.79 Å². The topological polar surface area (TPSA) is 51.2 Å². The zero-order valence-electron chi connectivity index (χ0n) is 16.3. The normalized spacial score (nSPS) is 10.9. The Morgan fingerprint density at radius 2 is 1.80 bits per heavy atom. The van der Waals surface area contributed by atoms with Gasteiger partial charge in [0.05, 0.1) is 15.9 Å². The predicted octanol–water partition coefficient (Wildman–Crippen LogP) is 6.90. The number of halogens is 2. The summed E-state index contributed by atoms with van der Waals surface area (Å²) in [5, 5.41) is 4.98. The summed E-state index contributed by atoms with van der Waals surface area (Å²) in [4.78, 5) is 17.2. The third-order valence-electron chi connectivity index (χ3n) is 4.56. The lowest BCUT2D eigenvalue weighted by atomic mass is 10.1. The average molecular weight is 457 g/mol. The molecule has 0 aliphatic carbocycles. The molecule has 0 radical (unpaired) electrons. The third kappa shape index (κ3) is 4.43. The number of carbonyl (C=O) groups excluding carboxylic acids is 1. The number of nitrogens with zero attached hydrogens (tertiary/aromatic N) is 1. The van der Waals surface area contributed by atoms with Gasteiger partial charge in [-0.1, -0.05) is 35.3 Å². The second-order valence-electron chi connectivity index (χ2n) is 6.88. The second-order valence-corrected chi connectivity index (χ2v) is 8.73. The third-order valence-corrected chi connectivity index (χ3v) is 6.46. The molecule has 0 spiro atoms. The van der Waals surface area contributed by atoms with E-state index >= 15 is 0 Å². The summed E-state index contributed by atoms with van der Waals surface area (Å²) < 4.78 is 6.74. The minimum atomic E-state index is -0.273. The fourth-order valence-electron chi connectivity index (χ4n) is 3.11. The summed E-state index contributed by atoms with van der Waals surface area (Å²) in [7, 11) is 0. The maximum atomic E-state index is 12.6. The van der Waals surface area contributed by atoms with Crippen molar-refractivity contribution in [1.29, 1.82) is 0 Å². The van der Waals surface area contributed by atoms with Gasteiger partial charge < -0.3 is 10.1 Å². The number of rotatable bonds is 5. The molecule has 0 saturated heterocycles. The van der Waals surface area contributed by atoms with E-state index in [-0.39, 0.29) is 12.5 Å². The van der Waals surface area contributed by atoms with Crippen LogP contribution in [0.15, 0.2) is 54.6 Å². The quantitative estimate of drug-likeness (QED) is 0.355. The molecule has 0 aliphatic heterocycles. The highest BCUT2D eigenvalue weighted by Crippen LogP contribution is 2.36. The molecule has 0 aliphatic rings. The van der Waals surface area contributed by atoms with Gasteiger partial charge in [0.25, 0.3) is 5.91 Å². The van der Waals surface area contributed by atoms with Crippen LogP contribution < -0.4 is 10.1 Å². The Hall–Kier alpha value is -2.60. The van der Waals surface area contributed by atoms with Crippen LogP contribution in [0.3, 0.4) is 0 Å². The van der Waals surface area contributed by atoms with Crippen LogP contribution >= 0.6 is 34.5 Å². The monoisotopic (exact) mass is 456 g/mol. The lowest BCUT2D eigenvalue weighted by Gasteiger charge is -2.12. The van der Waals surface area contributed by atoms with Crippen LogP contribution in [-0.4, -0.2) is 17.5 Å². The van der Waals surface area contributed by atoms with Gasteiger partial charge in [0.15, 0.2) is 6.61 Å². The van der Waals surface area contributed by atoms with Gasteiger partial charge in [0.2, 0.25) is 0 Å². The summed E-state index contributed by atoms with van der Waals surface area (Å²) >= 11 is 14.0. The first kappa shape index (κ1) is 20.7. The molecule has 1 heterocycles. The number of hydrogen-bond acceptors (Lipinski definition) is 4. The van der Waals surface area contributed by atoms with Gasteiger partial charge in [-0.05, 0) is 67.4 Å². The Morgan fingerprint density at radius 1 is 1.07 bits per heavy atom. The standard InChI is InChI=1S/C23H18Cl2N2O2S/c1-13-9-16(10-14(2)22(13)25)29-12-21(28)26-18-8-7-15(24)11-17(18)23-27-19-5-3-4-6-20(19)30-23/h3-11H,12H2,1-2H3,(H,26,28). The smallest absolute Gasteiger partial charge is 0.262 e. The molecular weight excluding hydrogens is 439 g/mol. The lowest BCUT2D eigenvalue weighted by molar-refractivity contribution is -0.118. The van der Waals surface area contributed by atoms with E-state index in [0.29, 0.717) is 21.5 Å². The number of thiazole rings is 1. The Kier molecular flexibility index (Phi) is 5.95. The van der Waals surface area contributed by atoms with E-state index in [1.165, 1.54) is 0 Å². The molecule has 1 amide bonds. The first-order valence-corrected chi connectivity index (χ1v) is 10.8. The van der Waals surface area contributed by atoms with Gasteiger partial charge in [-0.2, -0.15) is 0 Å². The Labute approximate surface area is 188 Å². The van der Waals surface area contributed by atoms with Crippen LogP contribution in [0, 0.1) is 13.8 Å². The van der Waals surface area contributed by atoms with Crippen molar-refractivity contribution in [2.24, 2.45) is 0 Å². The molecule has 0 fully saturated rings. The SMILES string of the molecule is Cc1cc(OCC(=O)Nc2ccc(Cl)cc2-c2nc3ccccc3s2)cc(C)c1Cl. The fourth-order valence-corrected chi connectivity index (χ4v) is 4.39. The molecule has 152 valence electrons. The summed E-state index contributed by atoms with van der Waals surface area (Å²) in [6.45, 7) is 3.68. The highest BCUT2D eigenvalue weighted by atomic mass is 35.5. The molecule has 4 nitrogen and oxygen atoms in total. The van der Waals surface area contributed by atoms with Crippen LogP contribution in [-0.2, 0) is 4.79 Å². The molecular formula is C23H18Cl2N2O2S. The zero-order chi connectivity index (χ0) is 21.3. The van der Waals surface area contributed by atoms with E-state index in [4.69, 9.17) is 27.9 Å².